The molecule has 0 radical (unpaired) electrons. The monoisotopic (exact) mass is 352 g/mol. The van der Waals surface area contributed by atoms with Crippen molar-refractivity contribution in [2.45, 2.75) is 45.6 Å². The third kappa shape index (κ3) is 4.78. The lowest BCUT2D eigenvalue weighted by Gasteiger charge is -2.25. The van der Waals surface area contributed by atoms with Crippen LogP contribution >= 0.6 is 0 Å². The SMILES string of the molecule is CC(C)Oc1ccc(C(=O)Nc2ccccc2N2CCCCCC2)cc1. The number of ether oxygens (including phenoxy) is 1. The van der Waals surface area contributed by atoms with E-state index >= 15 is 0 Å². The minimum absolute atomic E-state index is 0.0941. The van der Waals surface area contributed by atoms with Crippen LogP contribution in [0.25, 0.3) is 0 Å². The number of rotatable bonds is 5. The minimum Gasteiger partial charge on any atom is -0.491 e. The van der Waals surface area contributed by atoms with Crippen molar-refractivity contribution in [2.75, 3.05) is 23.3 Å². The van der Waals surface area contributed by atoms with E-state index in [-0.39, 0.29) is 12.0 Å². The Balaban J connectivity index is 1.73. The molecule has 2 aromatic carbocycles. The lowest BCUT2D eigenvalue weighted by atomic mass is 10.1. The lowest BCUT2D eigenvalue weighted by Crippen LogP contribution is -2.25. The summed E-state index contributed by atoms with van der Waals surface area (Å²) in [5.74, 6) is 0.685. The predicted molar refractivity (Wildman–Crippen MR) is 107 cm³/mol. The van der Waals surface area contributed by atoms with Crippen LogP contribution in [0.4, 0.5) is 11.4 Å². The van der Waals surface area contributed by atoms with Crippen molar-refractivity contribution in [1.29, 1.82) is 0 Å². The Labute approximate surface area is 156 Å². The Kier molecular flexibility index (Phi) is 6.16. The molecule has 0 aliphatic carbocycles. The first-order valence-corrected chi connectivity index (χ1v) is 9.55. The third-order valence-electron chi connectivity index (χ3n) is 4.59. The van der Waals surface area contributed by atoms with Gasteiger partial charge < -0.3 is 15.0 Å². The molecule has 1 fully saturated rings. The molecule has 1 heterocycles. The van der Waals surface area contributed by atoms with E-state index in [0.717, 1.165) is 30.2 Å². The van der Waals surface area contributed by atoms with Crippen molar-refractivity contribution in [1.82, 2.24) is 0 Å². The molecule has 3 rings (SSSR count). The number of anilines is 2. The number of benzene rings is 2. The Morgan fingerprint density at radius 2 is 1.62 bits per heavy atom. The molecule has 1 N–H and O–H groups in total. The van der Waals surface area contributed by atoms with E-state index in [2.05, 4.69) is 16.3 Å². The van der Waals surface area contributed by atoms with Crippen LogP contribution in [-0.4, -0.2) is 25.1 Å². The van der Waals surface area contributed by atoms with Crippen LogP contribution in [0.5, 0.6) is 5.75 Å². The van der Waals surface area contributed by atoms with Gasteiger partial charge in [-0.1, -0.05) is 25.0 Å². The Bertz CT molecular complexity index is 717. The molecule has 0 bridgehead atoms. The number of hydrogen-bond acceptors (Lipinski definition) is 3. The molecule has 0 atom stereocenters. The molecule has 1 amide bonds. The zero-order valence-corrected chi connectivity index (χ0v) is 15.7. The summed E-state index contributed by atoms with van der Waals surface area (Å²) in [6.45, 7) is 6.07. The molecule has 4 nitrogen and oxygen atoms in total. The maximum Gasteiger partial charge on any atom is 0.255 e. The first-order valence-electron chi connectivity index (χ1n) is 9.55. The van der Waals surface area contributed by atoms with Crippen molar-refractivity contribution in [3.63, 3.8) is 0 Å². The Morgan fingerprint density at radius 3 is 2.27 bits per heavy atom. The quantitative estimate of drug-likeness (QED) is 0.813. The average Bonchev–Trinajstić information content (AvgIpc) is 2.91. The van der Waals surface area contributed by atoms with E-state index in [0.29, 0.717) is 5.56 Å². The topological polar surface area (TPSA) is 41.6 Å². The molecule has 1 saturated heterocycles. The molecule has 0 unspecified atom stereocenters. The normalized spacial score (nSPS) is 14.8. The van der Waals surface area contributed by atoms with Crippen molar-refractivity contribution in [3.8, 4) is 5.75 Å². The van der Waals surface area contributed by atoms with Crippen molar-refractivity contribution < 1.29 is 9.53 Å². The summed E-state index contributed by atoms with van der Waals surface area (Å²) in [5, 5.41) is 3.08. The Morgan fingerprint density at radius 1 is 0.962 bits per heavy atom. The smallest absolute Gasteiger partial charge is 0.255 e. The fraction of sp³-hybridized carbons (Fsp3) is 0.409. The van der Waals surface area contributed by atoms with Crippen molar-refractivity contribution >= 4 is 17.3 Å². The van der Waals surface area contributed by atoms with Gasteiger partial charge in [-0.15, -0.1) is 0 Å². The Hall–Kier alpha value is -2.49. The first kappa shape index (κ1) is 18.3. The van der Waals surface area contributed by atoms with E-state index in [1.807, 2.05) is 56.3 Å². The number of amides is 1. The molecule has 4 heteroatoms. The van der Waals surface area contributed by atoms with Gasteiger partial charge in [-0.2, -0.15) is 0 Å². The number of hydrogen-bond donors (Lipinski definition) is 1. The summed E-state index contributed by atoms with van der Waals surface area (Å²) < 4.78 is 5.64. The summed E-state index contributed by atoms with van der Waals surface area (Å²) in [6.07, 6.45) is 5.11. The van der Waals surface area contributed by atoms with Gasteiger partial charge in [0, 0.05) is 18.7 Å². The number of nitrogens with one attached hydrogen (secondary N) is 1. The van der Waals surface area contributed by atoms with E-state index in [1.54, 1.807) is 0 Å². The first-order chi connectivity index (χ1) is 12.6. The van der Waals surface area contributed by atoms with Crippen LogP contribution in [0.1, 0.15) is 49.9 Å². The lowest BCUT2D eigenvalue weighted by molar-refractivity contribution is 0.102. The maximum absolute atomic E-state index is 12.7. The second kappa shape index (κ2) is 8.75. The van der Waals surface area contributed by atoms with Gasteiger partial charge in [0.25, 0.3) is 5.91 Å². The van der Waals surface area contributed by atoms with Crippen LogP contribution < -0.4 is 15.0 Å². The summed E-state index contributed by atoms with van der Waals surface area (Å²) in [7, 11) is 0. The van der Waals surface area contributed by atoms with Crippen molar-refractivity contribution in [2.24, 2.45) is 0 Å². The van der Waals surface area contributed by atoms with Gasteiger partial charge in [-0.3, -0.25) is 4.79 Å². The van der Waals surface area contributed by atoms with E-state index in [4.69, 9.17) is 4.74 Å². The van der Waals surface area contributed by atoms with Gasteiger partial charge in [0.15, 0.2) is 0 Å². The second-order valence-corrected chi connectivity index (χ2v) is 7.06. The van der Waals surface area contributed by atoms with Crippen LogP contribution in [0, 0.1) is 0 Å². The zero-order valence-electron chi connectivity index (χ0n) is 15.7. The third-order valence-corrected chi connectivity index (χ3v) is 4.59. The molecule has 1 aliphatic rings. The highest BCUT2D eigenvalue weighted by Crippen LogP contribution is 2.28. The van der Waals surface area contributed by atoms with Crippen LogP contribution in [0.15, 0.2) is 48.5 Å². The molecule has 2 aromatic rings. The molecule has 1 aliphatic heterocycles. The highest BCUT2D eigenvalue weighted by molar-refractivity contribution is 6.06. The summed E-state index contributed by atoms with van der Waals surface area (Å²) >= 11 is 0. The molecule has 0 spiro atoms. The number of carbonyl (C=O) groups is 1. The van der Waals surface area contributed by atoms with Gasteiger partial charge in [0.1, 0.15) is 5.75 Å². The molecule has 0 saturated carbocycles. The predicted octanol–water partition coefficient (Wildman–Crippen LogP) is 5.11. The highest BCUT2D eigenvalue weighted by atomic mass is 16.5. The molecule has 0 aromatic heterocycles. The fourth-order valence-electron chi connectivity index (χ4n) is 3.32. The molecule has 26 heavy (non-hydrogen) atoms. The van der Waals surface area contributed by atoms with E-state index in [1.165, 1.54) is 25.7 Å². The largest absolute Gasteiger partial charge is 0.491 e. The van der Waals surface area contributed by atoms with Crippen molar-refractivity contribution in [3.05, 3.63) is 54.1 Å². The van der Waals surface area contributed by atoms with Gasteiger partial charge in [0.2, 0.25) is 0 Å². The standard InChI is InChI=1S/C22H28N2O2/c1-17(2)26-19-13-11-18(12-14-19)22(25)23-20-9-5-6-10-21(20)24-15-7-3-4-8-16-24/h5-6,9-14,17H,3-4,7-8,15-16H2,1-2H3,(H,23,25). The number of nitrogens with zero attached hydrogens (tertiary/aromatic N) is 1. The van der Waals surface area contributed by atoms with E-state index < -0.39 is 0 Å². The summed E-state index contributed by atoms with van der Waals surface area (Å²) in [6, 6.07) is 15.4. The fourth-order valence-corrected chi connectivity index (χ4v) is 3.32. The maximum atomic E-state index is 12.7. The molecule has 138 valence electrons. The summed E-state index contributed by atoms with van der Waals surface area (Å²) in [4.78, 5) is 15.1. The van der Waals surface area contributed by atoms with E-state index in [9.17, 15) is 4.79 Å². The van der Waals surface area contributed by atoms with Gasteiger partial charge in [0.05, 0.1) is 17.5 Å². The highest BCUT2D eigenvalue weighted by Gasteiger charge is 2.15. The minimum atomic E-state index is -0.0941. The van der Waals surface area contributed by atoms with Crippen LogP contribution in [0.3, 0.4) is 0 Å². The van der Waals surface area contributed by atoms with Crippen LogP contribution in [0.2, 0.25) is 0 Å². The number of para-hydroxylation sites is 2. The van der Waals surface area contributed by atoms with Gasteiger partial charge in [-0.05, 0) is 63.1 Å². The summed E-state index contributed by atoms with van der Waals surface area (Å²) in [5.41, 5.74) is 2.62. The molecular weight excluding hydrogens is 324 g/mol. The zero-order chi connectivity index (χ0) is 18.4. The van der Waals surface area contributed by atoms with Gasteiger partial charge in [-0.25, -0.2) is 0 Å². The van der Waals surface area contributed by atoms with Gasteiger partial charge >= 0.3 is 0 Å². The van der Waals surface area contributed by atoms with Crippen LogP contribution in [-0.2, 0) is 0 Å². The number of carbonyl (C=O) groups excluding carboxylic acids is 1. The average molecular weight is 352 g/mol. The molecular formula is C22H28N2O2. The second-order valence-electron chi connectivity index (χ2n) is 7.06.